The van der Waals surface area contributed by atoms with Gasteiger partial charge in [-0.05, 0) is 19.8 Å². The lowest BCUT2D eigenvalue weighted by Gasteiger charge is -2.39. The van der Waals surface area contributed by atoms with Gasteiger partial charge in [0.05, 0.1) is 24.9 Å². The fourth-order valence-corrected chi connectivity index (χ4v) is 2.22. The zero-order valence-electron chi connectivity index (χ0n) is 12.2. The molecule has 1 aliphatic rings. The summed E-state index contributed by atoms with van der Waals surface area (Å²) in [6.07, 6.45) is 5.21. The Morgan fingerprint density at radius 1 is 1.55 bits per heavy atom. The van der Waals surface area contributed by atoms with Crippen LogP contribution in [-0.4, -0.2) is 57.8 Å². The maximum Gasteiger partial charge on any atom is 0.317 e. The van der Waals surface area contributed by atoms with Crippen molar-refractivity contribution in [3.05, 3.63) is 12.4 Å². The number of carbonyl (C=O) groups is 1. The maximum absolute atomic E-state index is 12.1. The second-order valence-corrected chi connectivity index (χ2v) is 5.33. The molecule has 1 atom stereocenters. The van der Waals surface area contributed by atoms with Gasteiger partial charge in [-0.15, -0.1) is 5.10 Å². The van der Waals surface area contributed by atoms with Gasteiger partial charge in [0.15, 0.2) is 0 Å². The summed E-state index contributed by atoms with van der Waals surface area (Å²) in [6.45, 7) is 7.45. The standard InChI is InChI=1S/C13H23N5O2/c1-3-13(2)11-17(9-10-20-13)12(19)14-5-4-7-18-8-6-15-16-18/h6,8H,3-5,7,9-11H2,1-2H3,(H,14,19)/t13-/m1/s1. The molecule has 2 amide bonds. The Labute approximate surface area is 119 Å². The molecule has 0 spiro atoms. The number of amides is 2. The predicted molar refractivity (Wildman–Crippen MR) is 74.3 cm³/mol. The van der Waals surface area contributed by atoms with Gasteiger partial charge in [-0.3, -0.25) is 4.68 Å². The number of urea groups is 1. The fourth-order valence-electron chi connectivity index (χ4n) is 2.22. The minimum atomic E-state index is -0.212. The number of nitrogens with one attached hydrogen (secondary N) is 1. The Morgan fingerprint density at radius 2 is 2.40 bits per heavy atom. The molecule has 1 saturated heterocycles. The van der Waals surface area contributed by atoms with E-state index in [4.69, 9.17) is 4.74 Å². The quantitative estimate of drug-likeness (QED) is 0.813. The summed E-state index contributed by atoms with van der Waals surface area (Å²) in [7, 11) is 0. The number of rotatable bonds is 5. The van der Waals surface area contributed by atoms with Crippen LogP contribution < -0.4 is 5.32 Å². The van der Waals surface area contributed by atoms with Crippen molar-refractivity contribution >= 4 is 6.03 Å². The summed E-state index contributed by atoms with van der Waals surface area (Å²) in [6, 6.07) is -0.00781. The Balaban J connectivity index is 1.69. The summed E-state index contributed by atoms with van der Waals surface area (Å²) >= 11 is 0. The first kappa shape index (κ1) is 14.8. The Kier molecular flexibility index (Phi) is 4.94. The van der Waals surface area contributed by atoms with Crippen molar-refractivity contribution in [3.63, 3.8) is 0 Å². The van der Waals surface area contributed by atoms with Crippen LogP contribution in [0.25, 0.3) is 0 Å². The third-order valence-electron chi connectivity index (χ3n) is 3.68. The van der Waals surface area contributed by atoms with Crippen LogP contribution in [0.15, 0.2) is 12.4 Å². The summed E-state index contributed by atoms with van der Waals surface area (Å²) in [5.74, 6) is 0. The molecule has 1 aliphatic heterocycles. The molecule has 0 saturated carbocycles. The minimum absolute atomic E-state index is 0.00781. The van der Waals surface area contributed by atoms with Gasteiger partial charge in [0.2, 0.25) is 0 Å². The van der Waals surface area contributed by atoms with Crippen LogP contribution in [0.5, 0.6) is 0 Å². The monoisotopic (exact) mass is 281 g/mol. The van der Waals surface area contributed by atoms with Crippen LogP contribution in [0, 0.1) is 0 Å². The van der Waals surface area contributed by atoms with Gasteiger partial charge in [-0.25, -0.2) is 4.79 Å². The van der Waals surface area contributed by atoms with E-state index in [-0.39, 0.29) is 11.6 Å². The van der Waals surface area contributed by atoms with Crippen LogP contribution in [0.4, 0.5) is 4.79 Å². The fraction of sp³-hybridized carbons (Fsp3) is 0.769. The number of hydrogen-bond donors (Lipinski definition) is 1. The van der Waals surface area contributed by atoms with E-state index in [1.807, 2.05) is 11.1 Å². The summed E-state index contributed by atoms with van der Waals surface area (Å²) < 4.78 is 7.49. The topological polar surface area (TPSA) is 72.3 Å². The molecule has 1 N–H and O–H groups in total. The Hall–Kier alpha value is -1.63. The molecule has 112 valence electrons. The third-order valence-corrected chi connectivity index (χ3v) is 3.68. The summed E-state index contributed by atoms with van der Waals surface area (Å²) in [5, 5.41) is 10.6. The van der Waals surface area contributed by atoms with E-state index < -0.39 is 0 Å². The van der Waals surface area contributed by atoms with Gasteiger partial charge in [-0.1, -0.05) is 12.1 Å². The number of nitrogens with zero attached hydrogens (tertiary/aromatic N) is 4. The van der Waals surface area contributed by atoms with E-state index in [0.717, 1.165) is 19.4 Å². The van der Waals surface area contributed by atoms with Gasteiger partial charge in [0, 0.05) is 25.8 Å². The summed E-state index contributed by atoms with van der Waals surface area (Å²) in [5.41, 5.74) is -0.212. The van der Waals surface area contributed by atoms with Crippen LogP contribution >= 0.6 is 0 Å². The van der Waals surface area contributed by atoms with Gasteiger partial charge in [0.1, 0.15) is 0 Å². The third kappa shape index (κ3) is 3.93. The molecular weight excluding hydrogens is 258 g/mol. The van der Waals surface area contributed by atoms with E-state index in [0.29, 0.717) is 26.2 Å². The number of morpholine rings is 1. The highest BCUT2D eigenvalue weighted by Gasteiger charge is 2.32. The van der Waals surface area contributed by atoms with Gasteiger partial charge in [-0.2, -0.15) is 0 Å². The van der Waals surface area contributed by atoms with Gasteiger partial charge in [0.25, 0.3) is 0 Å². The van der Waals surface area contributed by atoms with E-state index in [9.17, 15) is 4.79 Å². The number of carbonyl (C=O) groups excluding carboxylic acids is 1. The van der Waals surface area contributed by atoms with E-state index >= 15 is 0 Å². The molecule has 2 heterocycles. The lowest BCUT2D eigenvalue weighted by Crippen LogP contribution is -2.54. The van der Waals surface area contributed by atoms with Crippen molar-refractivity contribution in [2.24, 2.45) is 0 Å². The molecule has 7 heteroatoms. The van der Waals surface area contributed by atoms with Gasteiger partial charge >= 0.3 is 6.03 Å². The number of ether oxygens (including phenoxy) is 1. The maximum atomic E-state index is 12.1. The molecule has 1 aromatic heterocycles. The SMILES string of the molecule is CC[C@]1(C)CN(C(=O)NCCCn2ccnn2)CCO1. The molecular formula is C13H23N5O2. The first-order chi connectivity index (χ1) is 9.63. The lowest BCUT2D eigenvalue weighted by molar-refractivity contribution is -0.0872. The molecule has 1 fully saturated rings. The average molecular weight is 281 g/mol. The number of hydrogen-bond acceptors (Lipinski definition) is 4. The highest BCUT2D eigenvalue weighted by Crippen LogP contribution is 2.20. The molecule has 0 radical (unpaired) electrons. The summed E-state index contributed by atoms with van der Waals surface area (Å²) in [4.78, 5) is 13.9. The van der Waals surface area contributed by atoms with Crippen molar-refractivity contribution in [2.45, 2.75) is 38.8 Å². The number of aryl methyl sites for hydroxylation is 1. The van der Waals surface area contributed by atoms with Crippen LogP contribution in [0.1, 0.15) is 26.7 Å². The van der Waals surface area contributed by atoms with Crippen molar-refractivity contribution in [1.29, 1.82) is 0 Å². The predicted octanol–water partition coefficient (Wildman–Crippen LogP) is 0.879. The lowest BCUT2D eigenvalue weighted by atomic mass is 10.0. The van der Waals surface area contributed by atoms with E-state index in [2.05, 4.69) is 29.5 Å². The van der Waals surface area contributed by atoms with Crippen molar-refractivity contribution in [1.82, 2.24) is 25.2 Å². The molecule has 0 aliphatic carbocycles. The zero-order chi connectivity index (χ0) is 14.4. The zero-order valence-corrected chi connectivity index (χ0v) is 12.2. The van der Waals surface area contributed by atoms with Gasteiger partial charge < -0.3 is 15.0 Å². The van der Waals surface area contributed by atoms with E-state index in [1.165, 1.54) is 0 Å². The second kappa shape index (κ2) is 6.69. The van der Waals surface area contributed by atoms with Crippen molar-refractivity contribution < 1.29 is 9.53 Å². The highest BCUT2D eigenvalue weighted by molar-refractivity contribution is 5.74. The molecule has 0 aromatic carbocycles. The van der Waals surface area contributed by atoms with Crippen LogP contribution in [0.2, 0.25) is 0 Å². The highest BCUT2D eigenvalue weighted by atomic mass is 16.5. The normalized spacial score (nSPS) is 22.8. The first-order valence-electron chi connectivity index (χ1n) is 7.14. The minimum Gasteiger partial charge on any atom is -0.372 e. The van der Waals surface area contributed by atoms with Crippen LogP contribution in [0.3, 0.4) is 0 Å². The number of aromatic nitrogens is 3. The molecule has 7 nitrogen and oxygen atoms in total. The Bertz CT molecular complexity index is 422. The second-order valence-electron chi connectivity index (χ2n) is 5.33. The molecule has 1 aromatic rings. The largest absolute Gasteiger partial charge is 0.372 e. The smallest absolute Gasteiger partial charge is 0.317 e. The first-order valence-corrected chi connectivity index (χ1v) is 7.14. The molecule has 0 unspecified atom stereocenters. The van der Waals surface area contributed by atoms with Crippen molar-refractivity contribution in [3.8, 4) is 0 Å². The van der Waals surface area contributed by atoms with Crippen molar-refractivity contribution in [2.75, 3.05) is 26.2 Å². The van der Waals surface area contributed by atoms with E-state index in [1.54, 1.807) is 10.9 Å². The Morgan fingerprint density at radius 3 is 3.10 bits per heavy atom. The molecule has 20 heavy (non-hydrogen) atoms. The average Bonchev–Trinajstić information content (AvgIpc) is 2.96. The molecule has 2 rings (SSSR count). The molecule has 0 bridgehead atoms. The van der Waals surface area contributed by atoms with Crippen LogP contribution in [-0.2, 0) is 11.3 Å².